The average Bonchev–Trinajstić information content (AvgIpc) is 2.37. The number of hydrogen-bond donors (Lipinski definition) is 1. The fraction of sp³-hybridized carbons (Fsp3) is 0.625. The van der Waals surface area contributed by atoms with Crippen molar-refractivity contribution in [2.45, 2.75) is 18.9 Å². The Morgan fingerprint density at radius 2 is 2.55 bits per heavy atom. The van der Waals surface area contributed by atoms with Crippen molar-refractivity contribution >= 4 is 5.97 Å². The van der Waals surface area contributed by atoms with Crippen LogP contribution in [-0.2, 0) is 4.79 Å². The van der Waals surface area contributed by atoms with Crippen molar-refractivity contribution < 1.29 is 15.2 Å². The Hall–Kier alpha value is -1.01. The van der Waals surface area contributed by atoms with Crippen molar-refractivity contribution in [1.82, 2.24) is 0 Å². The van der Waals surface area contributed by atoms with Gasteiger partial charge in [0.05, 0.1) is 12.5 Å². The van der Waals surface area contributed by atoms with E-state index < -0.39 is 5.97 Å². The topological polar surface area (TPSA) is 56.7 Å². The Morgan fingerprint density at radius 3 is 3.00 bits per heavy atom. The maximum atomic E-state index is 10.4. The van der Waals surface area contributed by atoms with Gasteiger partial charge in [-0.05, 0) is 0 Å². The van der Waals surface area contributed by atoms with Gasteiger partial charge >= 0.3 is 0 Å². The third-order valence-corrected chi connectivity index (χ3v) is 2.05. The second-order valence-electron chi connectivity index (χ2n) is 2.91. The quantitative estimate of drug-likeness (QED) is 0.454. The molecule has 2 atom stereocenters. The summed E-state index contributed by atoms with van der Waals surface area (Å²) >= 11 is 0. The summed E-state index contributed by atoms with van der Waals surface area (Å²) in [6, 6.07) is -0.367. The monoisotopic (exact) mass is 153 g/mol. The molecule has 1 rings (SSSR count). The van der Waals surface area contributed by atoms with E-state index in [1.54, 1.807) is 5.32 Å². The van der Waals surface area contributed by atoms with E-state index in [0.29, 0.717) is 18.8 Å². The van der Waals surface area contributed by atoms with Gasteiger partial charge in [-0.25, -0.2) is 0 Å². The molecule has 3 nitrogen and oxygen atoms in total. The molecule has 0 saturated carbocycles. The van der Waals surface area contributed by atoms with Gasteiger partial charge in [0, 0.05) is 18.8 Å². The molecule has 0 amide bonds. The molecule has 0 aromatic heterocycles. The first-order valence-electron chi connectivity index (χ1n) is 3.71. The SMILES string of the molecule is C#CC[C@H]1C[NH2+][C@H](C(=O)[O-])C1. The number of carbonyl (C=O) groups excluding carboxylic acids is 1. The standard InChI is InChI=1S/C8H11NO2/c1-2-3-6-4-7(8(10)11)9-5-6/h1,6-7,9H,3-5H2,(H,10,11)/t6-,7+/m1/s1. The van der Waals surface area contributed by atoms with Crippen molar-refractivity contribution in [3.63, 3.8) is 0 Å². The van der Waals surface area contributed by atoms with E-state index in [4.69, 9.17) is 6.42 Å². The van der Waals surface area contributed by atoms with E-state index in [-0.39, 0.29) is 6.04 Å². The zero-order valence-corrected chi connectivity index (χ0v) is 6.25. The predicted molar refractivity (Wildman–Crippen MR) is 37.1 cm³/mol. The zero-order valence-electron chi connectivity index (χ0n) is 6.25. The summed E-state index contributed by atoms with van der Waals surface area (Å²) in [6.07, 6.45) is 6.44. The Labute approximate surface area is 65.8 Å². The summed E-state index contributed by atoms with van der Waals surface area (Å²) in [7, 11) is 0. The Morgan fingerprint density at radius 1 is 1.82 bits per heavy atom. The first-order chi connectivity index (χ1) is 5.24. The molecule has 0 unspecified atom stereocenters. The van der Waals surface area contributed by atoms with Crippen LogP contribution in [0.3, 0.4) is 0 Å². The van der Waals surface area contributed by atoms with Gasteiger partial charge in [-0.1, -0.05) is 0 Å². The van der Waals surface area contributed by atoms with Crippen LogP contribution in [0.15, 0.2) is 0 Å². The zero-order chi connectivity index (χ0) is 8.27. The largest absolute Gasteiger partial charge is 0.544 e. The summed E-state index contributed by atoms with van der Waals surface area (Å²) < 4.78 is 0. The molecule has 0 radical (unpaired) electrons. The predicted octanol–water partition coefficient (Wildman–Crippen LogP) is -2.29. The van der Waals surface area contributed by atoms with Crippen LogP contribution in [0.5, 0.6) is 0 Å². The van der Waals surface area contributed by atoms with Crippen LogP contribution in [0.25, 0.3) is 0 Å². The molecule has 1 fully saturated rings. The van der Waals surface area contributed by atoms with Crippen molar-refractivity contribution in [3.05, 3.63) is 0 Å². The normalized spacial score (nSPS) is 29.7. The molecule has 1 heterocycles. The molecule has 1 saturated heterocycles. The van der Waals surface area contributed by atoms with Gasteiger partial charge in [-0.3, -0.25) is 0 Å². The fourth-order valence-electron chi connectivity index (χ4n) is 1.43. The van der Waals surface area contributed by atoms with Gasteiger partial charge in [0.25, 0.3) is 0 Å². The summed E-state index contributed by atoms with van der Waals surface area (Å²) in [5.41, 5.74) is 0. The molecular weight excluding hydrogens is 142 g/mol. The molecule has 3 heteroatoms. The van der Waals surface area contributed by atoms with Gasteiger partial charge in [0.2, 0.25) is 0 Å². The fourth-order valence-corrected chi connectivity index (χ4v) is 1.43. The summed E-state index contributed by atoms with van der Waals surface area (Å²) in [4.78, 5) is 10.4. The number of rotatable bonds is 2. The number of hydrogen-bond acceptors (Lipinski definition) is 2. The average molecular weight is 153 g/mol. The van der Waals surface area contributed by atoms with Gasteiger partial charge in [0.15, 0.2) is 0 Å². The highest BCUT2D eigenvalue weighted by atomic mass is 16.4. The first kappa shape index (κ1) is 8.09. The number of quaternary nitrogens is 1. The number of carbonyl (C=O) groups is 1. The second-order valence-corrected chi connectivity index (χ2v) is 2.91. The molecule has 0 aromatic carbocycles. The van der Waals surface area contributed by atoms with Gasteiger partial charge in [-0.15, -0.1) is 12.3 Å². The lowest BCUT2D eigenvalue weighted by Gasteiger charge is -2.06. The maximum absolute atomic E-state index is 10.4. The number of terminal acetylenes is 1. The highest BCUT2D eigenvalue weighted by Gasteiger charge is 2.27. The number of carboxylic acid groups (broad SMARTS) is 1. The minimum Gasteiger partial charge on any atom is -0.544 e. The number of carboxylic acids is 1. The molecule has 2 N–H and O–H groups in total. The van der Waals surface area contributed by atoms with Crippen LogP contribution >= 0.6 is 0 Å². The Bertz CT molecular complexity index is 195. The molecule has 0 aromatic rings. The summed E-state index contributed by atoms with van der Waals surface area (Å²) in [6.45, 7) is 0.822. The van der Waals surface area contributed by atoms with Crippen molar-refractivity contribution in [1.29, 1.82) is 0 Å². The highest BCUT2D eigenvalue weighted by Crippen LogP contribution is 2.10. The van der Waals surface area contributed by atoms with E-state index in [2.05, 4.69) is 5.92 Å². The van der Waals surface area contributed by atoms with E-state index in [9.17, 15) is 9.90 Å². The molecular formula is C8H11NO2. The minimum atomic E-state index is -0.968. The highest BCUT2D eigenvalue weighted by molar-refractivity contribution is 5.69. The lowest BCUT2D eigenvalue weighted by molar-refractivity contribution is -0.666. The van der Waals surface area contributed by atoms with Crippen LogP contribution in [-0.4, -0.2) is 18.6 Å². The maximum Gasteiger partial charge on any atom is 0.127 e. The molecule has 0 spiro atoms. The van der Waals surface area contributed by atoms with E-state index in [0.717, 1.165) is 6.54 Å². The molecule has 11 heavy (non-hydrogen) atoms. The summed E-state index contributed by atoms with van der Waals surface area (Å²) in [5.74, 6) is 1.93. The van der Waals surface area contributed by atoms with Crippen LogP contribution in [0.4, 0.5) is 0 Å². The lowest BCUT2D eigenvalue weighted by Crippen LogP contribution is -2.90. The van der Waals surface area contributed by atoms with Crippen molar-refractivity contribution in [2.24, 2.45) is 5.92 Å². The van der Waals surface area contributed by atoms with E-state index >= 15 is 0 Å². The minimum absolute atomic E-state index is 0.364. The van der Waals surface area contributed by atoms with Crippen LogP contribution in [0.2, 0.25) is 0 Å². The first-order valence-corrected chi connectivity index (χ1v) is 3.71. The van der Waals surface area contributed by atoms with Gasteiger partial charge in [-0.2, -0.15) is 0 Å². The van der Waals surface area contributed by atoms with Gasteiger partial charge in [0.1, 0.15) is 6.04 Å². The van der Waals surface area contributed by atoms with Crippen molar-refractivity contribution in [2.75, 3.05) is 6.54 Å². The van der Waals surface area contributed by atoms with E-state index in [1.807, 2.05) is 0 Å². The number of nitrogens with two attached hydrogens (primary N) is 1. The number of aliphatic carboxylic acids is 1. The lowest BCUT2D eigenvalue weighted by atomic mass is 10.0. The third kappa shape index (κ3) is 1.95. The molecule has 0 aliphatic carbocycles. The molecule has 1 aliphatic heterocycles. The molecule has 0 bridgehead atoms. The van der Waals surface area contributed by atoms with Gasteiger partial charge < -0.3 is 15.2 Å². The van der Waals surface area contributed by atoms with Crippen molar-refractivity contribution in [3.8, 4) is 12.3 Å². The van der Waals surface area contributed by atoms with Crippen LogP contribution < -0.4 is 10.4 Å². The molecule has 60 valence electrons. The van der Waals surface area contributed by atoms with Crippen LogP contribution in [0, 0.1) is 18.3 Å². The smallest absolute Gasteiger partial charge is 0.127 e. The molecule has 1 aliphatic rings. The van der Waals surface area contributed by atoms with E-state index in [1.165, 1.54) is 0 Å². The Kier molecular flexibility index (Phi) is 2.50. The Balaban J connectivity index is 2.36. The third-order valence-electron chi connectivity index (χ3n) is 2.05. The second kappa shape index (κ2) is 3.40. The van der Waals surface area contributed by atoms with Crippen LogP contribution in [0.1, 0.15) is 12.8 Å². The summed E-state index contributed by atoms with van der Waals surface area (Å²) in [5, 5.41) is 12.1.